The molecular formula is C17H32OSi. The minimum absolute atomic E-state index is 0.452. The second kappa shape index (κ2) is 5.35. The lowest BCUT2D eigenvalue weighted by Crippen LogP contribution is -2.48. The average Bonchev–Trinajstić information content (AvgIpc) is 2.81. The van der Waals surface area contributed by atoms with Crippen LogP contribution in [-0.2, 0) is 4.79 Å². The van der Waals surface area contributed by atoms with E-state index >= 15 is 0 Å². The molecule has 0 N–H and O–H groups in total. The zero-order valence-electron chi connectivity index (χ0n) is 13.7. The van der Waals surface area contributed by atoms with E-state index in [1.54, 1.807) is 0 Å². The maximum Gasteiger partial charge on any atom is 0.136 e. The molecule has 2 heteroatoms. The van der Waals surface area contributed by atoms with Crippen LogP contribution in [0.4, 0.5) is 0 Å². The summed E-state index contributed by atoms with van der Waals surface area (Å²) in [6.45, 7) is 14.8. The molecule has 2 fully saturated rings. The highest BCUT2D eigenvalue weighted by molar-refractivity contribution is 6.84. The molecule has 0 aromatic carbocycles. The van der Waals surface area contributed by atoms with E-state index < -0.39 is 8.07 Å². The standard InChI is InChI=1S/C17H32OSi/c1-11(2)19(12(3)4,13(5)6)15-9-14-7-8-17(18)16(14)10-15/h11-16H,7-10H2,1-6H3/t14-,15-,16+/m1/s1. The lowest BCUT2D eigenvalue weighted by Gasteiger charge is -2.48. The average molecular weight is 281 g/mol. The van der Waals surface area contributed by atoms with Crippen LogP contribution in [0.15, 0.2) is 0 Å². The summed E-state index contributed by atoms with van der Waals surface area (Å²) in [5.74, 6) is 1.79. The van der Waals surface area contributed by atoms with Crippen molar-refractivity contribution < 1.29 is 4.79 Å². The van der Waals surface area contributed by atoms with Gasteiger partial charge in [-0.15, -0.1) is 0 Å². The van der Waals surface area contributed by atoms with Gasteiger partial charge in [0.05, 0.1) is 8.07 Å². The van der Waals surface area contributed by atoms with Crippen LogP contribution < -0.4 is 0 Å². The van der Waals surface area contributed by atoms with Crippen molar-refractivity contribution in [2.24, 2.45) is 11.8 Å². The summed E-state index contributed by atoms with van der Waals surface area (Å²) in [4.78, 5) is 12.1. The first-order valence-electron chi connectivity index (χ1n) is 8.34. The number of Topliss-reactive ketones (excluding diaryl/α,β-unsaturated/α-hetero) is 1. The number of fused-ring (bicyclic) bond motifs is 1. The Balaban J connectivity index is 2.28. The molecule has 0 aromatic rings. The van der Waals surface area contributed by atoms with E-state index in [1.165, 1.54) is 19.3 Å². The van der Waals surface area contributed by atoms with Crippen molar-refractivity contribution in [1.29, 1.82) is 0 Å². The Morgan fingerprint density at radius 1 is 0.947 bits per heavy atom. The molecule has 19 heavy (non-hydrogen) atoms. The molecule has 2 rings (SSSR count). The quantitative estimate of drug-likeness (QED) is 0.628. The van der Waals surface area contributed by atoms with Gasteiger partial charge in [-0.25, -0.2) is 0 Å². The molecule has 0 radical (unpaired) electrons. The zero-order valence-corrected chi connectivity index (χ0v) is 14.7. The van der Waals surface area contributed by atoms with Crippen molar-refractivity contribution in [3.63, 3.8) is 0 Å². The summed E-state index contributed by atoms with van der Waals surface area (Å²) in [5, 5.41) is 0. The van der Waals surface area contributed by atoms with Gasteiger partial charge in [-0.3, -0.25) is 4.79 Å². The van der Waals surface area contributed by atoms with E-state index in [4.69, 9.17) is 0 Å². The van der Waals surface area contributed by atoms with Crippen molar-refractivity contribution in [3.8, 4) is 0 Å². The molecule has 2 aliphatic carbocycles. The van der Waals surface area contributed by atoms with Crippen molar-refractivity contribution in [2.75, 3.05) is 0 Å². The van der Waals surface area contributed by atoms with Crippen LogP contribution >= 0.6 is 0 Å². The Bertz CT molecular complexity index is 323. The molecule has 0 heterocycles. The summed E-state index contributed by atoms with van der Waals surface area (Å²) in [6.07, 6.45) is 4.68. The lowest BCUT2D eigenvalue weighted by molar-refractivity contribution is -0.120. The van der Waals surface area contributed by atoms with Gasteiger partial charge < -0.3 is 0 Å². The fourth-order valence-electron chi connectivity index (χ4n) is 6.17. The maximum atomic E-state index is 12.1. The number of hydrogen-bond acceptors (Lipinski definition) is 1. The van der Waals surface area contributed by atoms with Gasteiger partial charge in [-0.05, 0) is 30.7 Å². The van der Waals surface area contributed by atoms with E-state index in [-0.39, 0.29) is 0 Å². The second-order valence-electron chi connectivity index (χ2n) is 8.00. The summed E-state index contributed by atoms with van der Waals surface area (Å²) < 4.78 is 0. The van der Waals surface area contributed by atoms with E-state index in [1.807, 2.05) is 0 Å². The molecule has 0 saturated heterocycles. The summed E-state index contributed by atoms with van der Waals surface area (Å²) in [7, 11) is -1.34. The van der Waals surface area contributed by atoms with Crippen molar-refractivity contribution in [2.45, 2.75) is 89.4 Å². The predicted octanol–water partition coefficient (Wildman–Crippen LogP) is 5.42. The SMILES string of the molecule is CC(C)[Si](C(C)C)(C(C)C)[C@@H]1C[C@H]2CCC(=O)[C@H]2C1. The molecule has 1 nitrogen and oxygen atoms in total. The third kappa shape index (κ3) is 2.24. The zero-order chi connectivity index (χ0) is 14.4. The number of rotatable bonds is 4. The Hall–Kier alpha value is -0.113. The predicted molar refractivity (Wildman–Crippen MR) is 85.3 cm³/mol. The number of hydrogen-bond donors (Lipinski definition) is 0. The fraction of sp³-hybridized carbons (Fsp3) is 0.941. The molecule has 2 aliphatic rings. The summed E-state index contributed by atoms with van der Waals surface area (Å²) in [5.41, 5.74) is 3.41. The van der Waals surface area contributed by atoms with Gasteiger partial charge in [0.1, 0.15) is 5.78 Å². The highest BCUT2D eigenvalue weighted by Gasteiger charge is 2.54. The monoisotopic (exact) mass is 280 g/mol. The Kier molecular flexibility index (Phi) is 4.30. The fourth-order valence-corrected chi connectivity index (χ4v) is 14.4. The van der Waals surface area contributed by atoms with Gasteiger partial charge in [0.25, 0.3) is 0 Å². The summed E-state index contributed by atoms with van der Waals surface area (Å²) in [6, 6.07) is 0. The molecular weight excluding hydrogens is 248 g/mol. The molecule has 2 saturated carbocycles. The van der Waals surface area contributed by atoms with Crippen LogP contribution in [0, 0.1) is 11.8 Å². The van der Waals surface area contributed by atoms with Crippen LogP contribution in [0.2, 0.25) is 22.2 Å². The normalized spacial score (nSPS) is 31.8. The summed E-state index contributed by atoms with van der Waals surface area (Å²) >= 11 is 0. The Morgan fingerprint density at radius 3 is 1.89 bits per heavy atom. The largest absolute Gasteiger partial charge is 0.299 e. The maximum absolute atomic E-state index is 12.1. The van der Waals surface area contributed by atoms with Gasteiger partial charge in [-0.2, -0.15) is 0 Å². The molecule has 110 valence electrons. The van der Waals surface area contributed by atoms with E-state index in [2.05, 4.69) is 41.5 Å². The van der Waals surface area contributed by atoms with E-state index in [0.29, 0.717) is 11.7 Å². The van der Waals surface area contributed by atoms with Gasteiger partial charge in [0.15, 0.2) is 0 Å². The van der Waals surface area contributed by atoms with Crippen LogP contribution in [0.3, 0.4) is 0 Å². The third-order valence-electron chi connectivity index (χ3n) is 6.58. The lowest BCUT2D eigenvalue weighted by atomic mass is 10.0. The molecule has 0 unspecified atom stereocenters. The van der Waals surface area contributed by atoms with Crippen LogP contribution in [-0.4, -0.2) is 13.9 Å². The molecule has 0 bridgehead atoms. The second-order valence-corrected chi connectivity index (χ2v) is 14.3. The minimum atomic E-state index is -1.34. The van der Waals surface area contributed by atoms with Crippen molar-refractivity contribution >= 4 is 13.9 Å². The van der Waals surface area contributed by atoms with Gasteiger partial charge >= 0.3 is 0 Å². The number of ketones is 1. The van der Waals surface area contributed by atoms with Gasteiger partial charge in [-0.1, -0.05) is 58.2 Å². The molecule has 3 atom stereocenters. The third-order valence-corrected chi connectivity index (χ3v) is 14.5. The molecule has 0 aromatic heterocycles. The Labute approximate surface area is 120 Å². The minimum Gasteiger partial charge on any atom is -0.299 e. The van der Waals surface area contributed by atoms with Crippen molar-refractivity contribution in [1.82, 2.24) is 0 Å². The van der Waals surface area contributed by atoms with Crippen molar-refractivity contribution in [3.05, 3.63) is 0 Å². The first-order chi connectivity index (χ1) is 8.81. The van der Waals surface area contributed by atoms with Crippen LogP contribution in [0.25, 0.3) is 0 Å². The van der Waals surface area contributed by atoms with E-state index in [9.17, 15) is 4.79 Å². The highest BCUT2D eigenvalue weighted by atomic mass is 28.3. The van der Waals surface area contributed by atoms with Crippen LogP contribution in [0.5, 0.6) is 0 Å². The topological polar surface area (TPSA) is 17.1 Å². The molecule has 0 spiro atoms. The highest BCUT2D eigenvalue weighted by Crippen LogP contribution is 2.59. The van der Waals surface area contributed by atoms with E-state index in [0.717, 1.165) is 34.5 Å². The first kappa shape index (κ1) is 15.3. The van der Waals surface area contributed by atoms with Gasteiger partial charge in [0.2, 0.25) is 0 Å². The number of carbonyl (C=O) groups is 1. The molecule has 0 aliphatic heterocycles. The number of carbonyl (C=O) groups excluding carboxylic acids is 1. The Morgan fingerprint density at radius 2 is 1.47 bits per heavy atom. The molecule has 0 amide bonds. The van der Waals surface area contributed by atoms with Gasteiger partial charge in [0, 0.05) is 12.3 Å². The first-order valence-corrected chi connectivity index (χ1v) is 10.6. The van der Waals surface area contributed by atoms with Crippen LogP contribution in [0.1, 0.15) is 67.2 Å². The smallest absolute Gasteiger partial charge is 0.136 e.